The van der Waals surface area contributed by atoms with Crippen LogP contribution in [0.4, 0.5) is 8.78 Å². The standard InChI is InChI=1S/C23H26F2N4O2/c1-31-22-7-6-20-23(28-22)18(19(25)12-27-20)8-9-29-13-16(21(30)14-29)11-26-10-15-2-4-17(24)5-3-15/h2-7,12,16,21,26,30H,8-11,13-14H2,1H3/t16-,21+/m0/s1. The largest absolute Gasteiger partial charge is 0.481 e. The molecule has 2 aromatic heterocycles. The SMILES string of the molecule is COc1ccc2ncc(F)c(CCN3C[C@H](CNCc4ccc(F)cc4)[C@H](O)C3)c2n1. The molecule has 3 aromatic rings. The predicted octanol–water partition coefficient (Wildman–Crippen LogP) is 2.54. The molecule has 8 heteroatoms. The Labute approximate surface area is 179 Å². The molecule has 3 heterocycles. The summed E-state index contributed by atoms with van der Waals surface area (Å²) in [6.45, 7) is 3.15. The average Bonchev–Trinajstić information content (AvgIpc) is 3.13. The summed E-state index contributed by atoms with van der Waals surface area (Å²) in [5.74, 6) is -0.133. The summed E-state index contributed by atoms with van der Waals surface area (Å²) in [5.41, 5.74) is 2.64. The van der Waals surface area contributed by atoms with E-state index >= 15 is 0 Å². The van der Waals surface area contributed by atoms with Gasteiger partial charge in [-0.3, -0.25) is 4.98 Å². The maximum absolute atomic E-state index is 14.5. The summed E-state index contributed by atoms with van der Waals surface area (Å²) < 4.78 is 32.7. The number of aliphatic hydroxyl groups is 1. The van der Waals surface area contributed by atoms with Crippen LogP contribution in [0.2, 0.25) is 0 Å². The molecule has 1 aliphatic rings. The molecule has 0 saturated carbocycles. The second kappa shape index (κ2) is 9.64. The fourth-order valence-electron chi connectivity index (χ4n) is 4.03. The number of methoxy groups -OCH3 is 1. The van der Waals surface area contributed by atoms with E-state index < -0.39 is 6.10 Å². The summed E-state index contributed by atoms with van der Waals surface area (Å²) in [6.07, 6.45) is 1.25. The number of pyridine rings is 2. The van der Waals surface area contributed by atoms with Crippen LogP contribution >= 0.6 is 0 Å². The quantitative estimate of drug-likeness (QED) is 0.575. The van der Waals surface area contributed by atoms with Crippen LogP contribution in [0.15, 0.2) is 42.6 Å². The lowest BCUT2D eigenvalue weighted by molar-refractivity contribution is 0.140. The first kappa shape index (κ1) is 21.5. The molecule has 0 spiro atoms. The summed E-state index contributed by atoms with van der Waals surface area (Å²) in [5, 5.41) is 13.8. The van der Waals surface area contributed by atoms with E-state index in [1.165, 1.54) is 25.4 Å². The van der Waals surface area contributed by atoms with Crippen molar-refractivity contribution in [2.24, 2.45) is 5.92 Å². The number of nitrogens with zero attached hydrogens (tertiary/aromatic N) is 3. The monoisotopic (exact) mass is 428 g/mol. The van der Waals surface area contributed by atoms with Gasteiger partial charge in [-0.05, 0) is 30.2 Å². The Morgan fingerprint density at radius 2 is 1.97 bits per heavy atom. The van der Waals surface area contributed by atoms with Gasteiger partial charge in [0.15, 0.2) is 0 Å². The second-order valence-corrected chi connectivity index (χ2v) is 7.90. The van der Waals surface area contributed by atoms with Crippen LogP contribution in [0.1, 0.15) is 11.1 Å². The van der Waals surface area contributed by atoms with Crippen molar-refractivity contribution < 1.29 is 18.6 Å². The van der Waals surface area contributed by atoms with Gasteiger partial charge in [0.25, 0.3) is 0 Å². The number of benzene rings is 1. The number of aromatic nitrogens is 2. The highest BCUT2D eigenvalue weighted by Crippen LogP contribution is 2.23. The van der Waals surface area contributed by atoms with Gasteiger partial charge in [0.2, 0.25) is 5.88 Å². The molecule has 164 valence electrons. The van der Waals surface area contributed by atoms with E-state index in [2.05, 4.69) is 20.2 Å². The summed E-state index contributed by atoms with van der Waals surface area (Å²) >= 11 is 0. The van der Waals surface area contributed by atoms with Crippen molar-refractivity contribution in [2.75, 3.05) is 33.3 Å². The first-order valence-corrected chi connectivity index (χ1v) is 10.4. The van der Waals surface area contributed by atoms with E-state index in [0.717, 1.165) is 12.1 Å². The molecular formula is C23H26F2N4O2. The van der Waals surface area contributed by atoms with Crippen LogP contribution in [0, 0.1) is 17.6 Å². The van der Waals surface area contributed by atoms with Crippen molar-refractivity contribution in [1.29, 1.82) is 0 Å². The van der Waals surface area contributed by atoms with Crippen LogP contribution in [0.5, 0.6) is 5.88 Å². The molecule has 0 bridgehead atoms. The third-order valence-electron chi connectivity index (χ3n) is 5.76. The molecule has 0 radical (unpaired) electrons. The molecule has 1 aliphatic heterocycles. The maximum atomic E-state index is 14.5. The minimum Gasteiger partial charge on any atom is -0.481 e. The highest BCUT2D eigenvalue weighted by molar-refractivity contribution is 5.78. The van der Waals surface area contributed by atoms with Crippen LogP contribution in [0.3, 0.4) is 0 Å². The molecule has 1 saturated heterocycles. The Bertz CT molecular complexity index is 1030. The molecule has 31 heavy (non-hydrogen) atoms. The number of β-amino-alcohol motifs (C(OH)–C–C–N with tert-alkyl or cyclic N) is 1. The van der Waals surface area contributed by atoms with Crippen LogP contribution < -0.4 is 10.1 Å². The number of likely N-dealkylation sites (tertiary alicyclic amines) is 1. The minimum atomic E-state index is -0.446. The number of hydrogen-bond donors (Lipinski definition) is 2. The van der Waals surface area contributed by atoms with Gasteiger partial charge >= 0.3 is 0 Å². The zero-order valence-electron chi connectivity index (χ0n) is 17.4. The lowest BCUT2D eigenvalue weighted by Crippen LogP contribution is -2.30. The Morgan fingerprint density at radius 1 is 1.16 bits per heavy atom. The fourth-order valence-corrected chi connectivity index (χ4v) is 4.03. The van der Waals surface area contributed by atoms with Gasteiger partial charge in [-0.2, -0.15) is 0 Å². The first-order chi connectivity index (χ1) is 15.0. The average molecular weight is 428 g/mol. The fraction of sp³-hybridized carbons (Fsp3) is 0.391. The lowest BCUT2D eigenvalue weighted by Gasteiger charge is -2.17. The summed E-state index contributed by atoms with van der Waals surface area (Å²) in [6, 6.07) is 9.85. The molecule has 2 atom stereocenters. The van der Waals surface area contributed by atoms with E-state index in [1.807, 2.05) is 0 Å². The third kappa shape index (κ3) is 5.15. The van der Waals surface area contributed by atoms with Gasteiger partial charge in [-0.1, -0.05) is 12.1 Å². The number of nitrogens with one attached hydrogen (secondary N) is 1. The van der Waals surface area contributed by atoms with Gasteiger partial charge in [-0.25, -0.2) is 13.8 Å². The highest BCUT2D eigenvalue weighted by atomic mass is 19.1. The molecule has 0 unspecified atom stereocenters. The smallest absolute Gasteiger partial charge is 0.213 e. The van der Waals surface area contributed by atoms with E-state index in [4.69, 9.17) is 4.74 Å². The number of rotatable bonds is 8. The number of fused-ring (bicyclic) bond motifs is 1. The topological polar surface area (TPSA) is 70.5 Å². The van der Waals surface area contributed by atoms with Crippen LogP contribution in [0.25, 0.3) is 11.0 Å². The van der Waals surface area contributed by atoms with E-state index in [-0.39, 0.29) is 17.6 Å². The Balaban J connectivity index is 1.33. The maximum Gasteiger partial charge on any atom is 0.213 e. The number of aliphatic hydroxyl groups excluding tert-OH is 1. The highest BCUT2D eigenvalue weighted by Gasteiger charge is 2.30. The van der Waals surface area contributed by atoms with Gasteiger partial charge in [0.1, 0.15) is 11.6 Å². The normalized spacial score (nSPS) is 19.2. The zero-order valence-corrected chi connectivity index (χ0v) is 17.4. The molecule has 0 aliphatic carbocycles. The number of hydrogen-bond acceptors (Lipinski definition) is 6. The molecule has 2 N–H and O–H groups in total. The van der Waals surface area contributed by atoms with E-state index in [9.17, 15) is 13.9 Å². The van der Waals surface area contributed by atoms with Crippen molar-refractivity contribution in [1.82, 2.24) is 20.2 Å². The molecule has 4 rings (SSSR count). The number of ether oxygens (including phenoxy) is 1. The summed E-state index contributed by atoms with van der Waals surface area (Å²) in [7, 11) is 1.52. The van der Waals surface area contributed by atoms with Crippen LogP contribution in [-0.4, -0.2) is 59.4 Å². The second-order valence-electron chi connectivity index (χ2n) is 7.90. The first-order valence-electron chi connectivity index (χ1n) is 10.4. The Morgan fingerprint density at radius 3 is 2.74 bits per heavy atom. The van der Waals surface area contributed by atoms with Crippen molar-refractivity contribution >= 4 is 11.0 Å². The van der Waals surface area contributed by atoms with Crippen LogP contribution in [-0.2, 0) is 13.0 Å². The molecule has 0 amide bonds. The van der Waals surface area contributed by atoms with Crippen molar-refractivity contribution in [3.05, 3.63) is 65.4 Å². The zero-order chi connectivity index (χ0) is 21.8. The van der Waals surface area contributed by atoms with Crippen molar-refractivity contribution in [3.63, 3.8) is 0 Å². The van der Waals surface area contributed by atoms with Crippen molar-refractivity contribution in [3.8, 4) is 5.88 Å². The molecule has 1 fully saturated rings. The van der Waals surface area contributed by atoms with Gasteiger partial charge in [-0.15, -0.1) is 0 Å². The minimum absolute atomic E-state index is 0.0812. The third-order valence-corrected chi connectivity index (χ3v) is 5.76. The van der Waals surface area contributed by atoms with Gasteiger partial charge in [0.05, 0.1) is 30.4 Å². The van der Waals surface area contributed by atoms with E-state index in [0.29, 0.717) is 55.1 Å². The predicted molar refractivity (Wildman–Crippen MR) is 114 cm³/mol. The lowest BCUT2D eigenvalue weighted by atomic mass is 10.1. The number of halogens is 2. The Hall–Kier alpha value is -2.68. The van der Waals surface area contributed by atoms with Crippen molar-refractivity contribution in [2.45, 2.75) is 19.1 Å². The molecule has 6 nitrogen and oxygen atoms in total. The van der Waals surface area contributed by atoms with Gasteiger partial charge < -0.3 is 20.1 Å². The molecular weight excluding hydrogens is 402 g/mol. The summed E-state index contributed by atoms with van der Waals surface area (Å²) in [4.78, 5) is 10.6. The Kier molecular flexibility index (Phi) is 6.70. The molecule has 1 aromatic carbocycles. The van der Waals surface area contributed by atoms with Gasteiger partial charge in [0, 0.05) is 50.3 Å². The van der Waals surface area contributed by atoms with E-state index in [1.54, 1.807) is 24.3 Å².